The van der Waals surface area contributed by atoms with Crippen LogP contribution in [0.1, 0.15) is 47.6 Å². The summed E-state index contributed by atoms with van der Waals surface area (Å²) in [5.41, 5.74) is 3.52. The molecule has 3 aromatic rings. The van der Waals surface area contributed by atoms with Crippen LogP contribution in [0.2, 0.25) is 0 Å². The molecule has 0 aromatic heterocycles. The summed E-state index contributed by atoms with van der Waals surface area (Å²) >= 11 is 0. The van der Waals surface area contributed by atoms with E-state index in [1.165, 1.54) is 12.1 Å². The number of hydrogen-bond donors (Lipinski definition) is 4. The SMILES string of the molecule is CCc1cc(C(c2ccccc2)c2cc(CC)c(O)cc2O)c(O)cc1O. The first-order valence-corrected chi connectivity index (χ1v) is 9.10. The van der Waals surface area contributed by atoms with Crippen LogP contribution in [0.15, 0.2) is 54.6 Å². The summed E-state index contributed by atoms with van der Waals surface area (Å²) in [5.74, 6) is -0.416. The van der Waals surface area contributed by atoms with Gasteiger partial charge in [0.15, 0.2) is 0 Å². The summed E-state index contributed by atoms with van der Waals surface area (Å²) in [6, 6.07) is 15.8. The van der Waals surface area contributed by atoms with Gasteiger partial charge in [-0.15, -0.1) is 0 Å². The smallest absolute Gasteiger partial charge is 0.123 e. The van der Waals surface area contributed by atoms with Gasteiger partial charge in [-0.1, -0.05) is 44.2 Å². The zero-order chi connectivity index (χ0) is 19.6. The van der Waals surface area contributed by atoms with E-state index in [1.807, 2.05) is 44.2 Å². The Kier molecular flexibility index (Phi) is 5.26. The summed E-state index contributed by atoms with van der Waals surface area (Å²) in [5, 5.41) is 41.3. The number of hydrogen-bond acceptors (Lipinski definition) is 4. The minimum atomic E-state index is -0.442. The molecule has 27 heavy (non-hydrogen) atoms. The molecule has 0 aliphatic rings. The Morgan fingerprint density at radius 1 is 0.630 bits per heavy atom. The van der Waals surface area contributed by atoms with E-state index in [0.717, 1.165) is 16.7 Å². The van der Waals surface area contributed by atoms with E-state index >= 15 is 0 Å². The molecule has 0 bridgehead atoms. The number of phenols is 4. The molecule has 0 heterocycles. The molecule has 0 saturated carbocycles. The third kappa shape index (κ3) is 3.56. The fourth-order valence-corrected chi connectivity index (χ4v) is 3.48. The van der Waals surface area contributed by atoms with Crippen LogP contribution in [0.3, 0.4) is 0 Å². The number of phenolic OH excluding ortho intramolecular Hbond substituents is 4. The average Bonchev–Trinajstić information content (AvgIpc) is 2.66. The van der Waals surface area contributed by atoms with Crippen molar-refractivity contribution < 1.29 is 20.4 Å². The van der Waals surface area contributed by atoms with Crippen molar-refractivity contribution in [3.05, 3.63) is 82.4 Å². The molecule has 3 rings (SSSR count). The Balaban J connectivity index is 2.30. The van der Waals surface area contributed by atoms with Gasteiger partial charge in [0.25, 0.3) is 0 Å². The molecule has 4 N–H and O–H groups in total. The van der Waals surface area contributed by atoms with Crippen molar-refractivity contribution >= 4 is 0 Å². The van der Waals surface area contributed by atoms with E-state index in [9.17, 15) is 20.4 Å². The van der Waals surface area contributed by atoms with Crippen LogP contribution in [0.4, 0.5) is 0 Å². The van der Waals surface area contributed by atoms with Crippen LogP contribution in [0, 0.1) is 0 Å². The van der Waals surface area contributed by atoms with Crippen LogP contribution in [-0.4, -0.2) is 20.4 Å². The predicted molar refractivity (Wildman–Crippen MR) is 106 cm³/mol. The van der Waals surface area contributed by atoms with Gasteiger partial charge in [-0.2, -0.15) is 0 Å². The van der Waals surface area contributed by atoms with E-state index in [1.54, 1.807) is 12.1 Å². The van der Waals surface area contributed by atoms with Crippen molar-refractivity contribution in [2.45, 2.75) is 32.6 Å². The Morgan fingerprint density at radius 2 is 1.07 bits per heavy atom. The summed E-state index contributed by atoms with van der Waals surface area (Å²) in [4.78, 5) is 0. The van der Waals surface area contributed by atoms with Crippen LogP contribution in [0.5, 0.6) is 23.0 Å². The minimum absolute atomic E-state index is 0.0379. The fraction of sp³-hybridized carbons (Fsp3) is 0.217. The van der Waals surface area contributed by atoms with Gasteiger partial charge < -0.3 is 20.4 Å². The average molecular weight is 364 g/mol. The summed E-state index contributed by atoms with van der Waals surface area (Å²) in [6.07, 6.45) is 1.23. The van der Waals surface area contributed by atoms with Crippen molar-refractivity contribution in [1.29, 1.82) is 0 Å². The molecule has 140 valence electrons. The summed E-state index contributed by atoms with van der Waals surface area (Å²) < 4.78 is 0. The highest BCUT2D eigenvalue weighted by Gasteiger charge is 2.25. The largest absolute Gasteiger partial charge is 0.508 e. The lowest BCUT2D eigenvalue weighted by Crippen LogP contribution is -2.06. The molecular formula is C23H24O4. The molecule has 0 amide bonds. The topological polar surface area (TPSA) is 80.9 Å². The lowest BCUT2D eigenvalue weighted by Gasteiger charge is -2.23. The molecule has 0 aliphatic heterocycles. The third-order valence-electron chi connectivity index (χ3n) is 4.97. The second-order valence-electron chi connectivity index (χ2n) is 6.63. The first kappa shape index (κ1) is 18.6. The molecule has 0 fully saturated rings. The van der Waals surface area contributed by atoms with Crippen molar-refractivity contribution in [2.75, 3.05) is 0 Å². The Bertz CT molecular complexity index is 889. The predicted octanol–water partition coefficient (Wildman–Crippen LogP) is 4.81. The van der Waals surface area contributed by atoms with E-state index in [0.29, 0.717) is 24.0 Å². The van der Waals surface area contributed by atoms with Crippen molar-refractivity contribution in [1.82, 2.24) is 0 Å². The van der Waals surface area contributed by atoms with Gasteiger partial charge >= 0.3 is 0 Å². The quantitative estimate of drug-likeness (QED) is 0.490. The zero-order valence-electron chi connectivity index (χ0n) is 15.5. The summed E-state index contributed by atoms with van der Waals surface area (Å²) in [6.45, 7) is 3.86. The number of aryl methyl sites for hydroxylation is 2. The highest BCUT2D eigenvalue weighted by molar-refractivity contribution is 5.58. The molecule has 3 aromatic carbocycles. The molecule has 0 spiro atoms. The van der Waals surface area contributed by atoms with Gasteiger partial charge in [-0.3, -0.25) is 0 Å². The minimum Gasteiger partial charge on any atom is -0.508 e. The molecule has 0 saturated heterocycles. The maximum absolute atomic E-state index is 10.6. The van der Waals surface area contributed by atoms with Crippen molar-refractivity contribution in [3.8, 4) is 23.0 Å². The van der Waals surface area contributed by atoms with Gasteiger partial charge in [0.1, 0.15) is 23.0 Å². The summed E-state index contributed by atoms with van der Waals surface area (Å²) in [7, 11) is 0. The highest BCUT2D eigenvalue weighted by Crippen LogP contribution is 2.44. The lowest BCUT2D eigenvalue weighted by molar-refractivity contribution is 0.436. The lowest BCUT2D eigenvalue weighted by atomic mass is 9.82. The standard InChI is InChI=1S/C23H24O4/c1-3-14-10-17(21(26)12-19(14)24)23(16-8-6-5-7-9-16)18-11-15(4-2)20(25)13-22(18)27/h5-13,23-27H,3-4H2,1-2H3. The molecular weight excluding hydrogens is 340 g/mol. The molecule has 0 radical (unpaired) electrons. The zero-order valence-corrected chi connectivity index (χ0v) is 15.5. The Hall–Kier alpha value is -3.14. The normalized spacial score (nSPS) is 11.1. The van der Waals surface area contributed by atoms with E-state index in [4.69, 9.17) is 0 Å². The third-order valence-corrected chi connectivity index (χ3v) is 4.97. The number of aromatic hydroxyl groups is 4. The van der Waals surface area contributed by atoms with Gasteiger partial charge in [0, 0.05) is 29.2 Å². The van der Waals surface area contributed by atoms with Gasteiger partial charge in [-0.25, -0.2) is 0 Å². The second-order valence-corrected chi connectivity index (χ2v) is 6.63. The van der Waals surface area contributed by atoms with E-state index in [-0.39, 0.29) is 23.0 Å². The van der Waals surface area contributed by atoms with Gasteiger partial charge in [-0.05, 0) is 41.7 Å². The monoisotopic (exact) mass is 364 g/mol. The van der Waals surface area contributed by atoms with E-state index < -0.39 is 5.92 Å². The first-order valence-electron chi connectivity index (χ1n) is 9.10. The maximum atomic E-state index is 10.6. The maximum Gasteiger partial charge on any atom is 0.123 e. The second kappa shape index (κ2) is 7.62. The highest BCUT2D eigenvalue weighted by atomic mass is 16.3. The fourth-order valence-electron chi connectivity index (χ4n) is 3.48. The first-order chi connectivity index (χ1) is 13.0. The number of rotatable bonds is 5. The van der Waals surface area contributed by atoms with E-state index in [2.05, 4.69) is 0 Å². The van der Waals surface area contributed by atoms with Crippen molar-refractivity contribution in [2.24, 2.45) is 0 Å². The molecule has 0 atom stereocenters. The van der Waals surface area contributed by atoms with Gasteiger partial charge in [0.2, 0.25) is 0 Å². The van der Waals surface area contributed by atoms with Crippen molar-refractivity contribution in [3.63, 3.8) is 0 Å². The van der Waals surface area contributed by atoms with Crippen LogP contribution in [0.25, 0.3) is 0 Å². The van der Waals surface area contributed by atoms with Crippen LogP contribution >= 0.6 is 0 Å². The van der Waals surface area contributed by atoms with Crippen LogP contribution in [-0.2, 0) is 12.8 Å². The Labute approximate surface area is 159 Å². The molecule has 0 aliphatic carbocycles. The number of benzene rings is 3. The Morgan fingerprint density at radius 3 is 1.48 bits per heavy atom. The van der Waals surface area contributed by atoms with Gasteiger partial charge in [0.05, 0.1) is 0 Å². The molecule has 0 unspecified atom stereocenters. The molecule has 4 nitrogen and oxygen atoms in total. The molecule has 4 heteroatoms. The van der Waals surface area contributed by atoms with Crippen LogP contribution < -0.4 is 0 Å².